The molecule has 1 N–H and O–H groups in total. The average molecular weight is 273 g/mol. The topological polar surface area (TPSA) is 24.9 Å². The lowest BCUT2D eigenvalue weighted by molar-refractivity contribution is 0.664. The van der Waals surface area contributed by atoms with Crippen LogP contribution in [0.25, 0.3) is 0 Å². The van der Waals surface area contributed by atoms with E-state index < -0.39 is 0 Å². The van der Waals surface area contributed by atoms with E-state index in [0.717, 1.165) is 10.3 Å². The van der Waals surface area contributed by atoms with Crippen LogP contribution in [-0.4, -0.2) is 22.5 Å². The fraction of sp³-hybridized carbons (Fsp3) is 0.500. The lowest BCUT2D eigenvalue weighted by Gasteiger charge is -2.22. The van der Waals surface area contributed by atoms with Crippen LogP contribution >= 0.6 is 27.7 Å². The van der Waals surface area contributed by atoms with Crippen molar-refractivity contribution in [3.05, 3.63) is 22.8 Å². The highest BCUT2D eigenvalue weighted by atomic mass is 79.9. The van der Waals surface area contributed by atoms with Gasteiger partial charge in [0.25, 0.3) is 0 Å². The van der Waals surface area contributed by atoms with E-state index in [2.05, 4.69) is 26.2 Å². The highest BCUT2D eigenvalue weighted by Gasteiger charge is 2.13. The van der Waals surface area contributed by atoms with Crippen LogP contribution in [0, 0.1) is 0 Å². The first kappa shape index (κ1) is 10.3. The Morgan fingerprint density at radius 1 is 1.36 bits per heavy atom. The van der Waals surface area contributed by atoms with Gasteiger partial charge in [-0.15, -0.1) is 0 Å². The smallest absolute Gasteiger partial charge is 0.126 e. The quantitative estimate of drug-likeness (QED) is 0.896. The Hall–Kier alpha value is -0.220. The summed E-state index contributed by atoms with van der Waals surface area (Å²) in [5, 5.41) is 3.46. The summed E-state index contributed by atoms with van der Waals surface area (Å²) in [5.74, 6) is 3.53. The molecule has 1 aliphatic rings. The van der Waals surface area contributed by atoms with Crippen molar-refractivity contribution in [2.24, 2.45) is 0 Å². The SMILES string of the molecule is Brc1ccc(NC2CCSCC2)nc1. The standard InChI is InChI=1S/C10H13BrN2S/c11-8-1-2-10(12-7-8)13-9-3-5-14-6-4-9/h1-2,7,9H,3-6H2,(H,12,13). The third kappa shape index (κ3) is 2.89. The number of thioether (sulfide) groups is 1. The molecule has 1 fully saturated rings. The van der Waals surface area contributed by atoms with Gasteiger partial charge in [-0.3, -0.25) is 0 Å². The van der Waals surface area contributed by atoms with Crippen LogP contribution in [0.5, 0.6) is 0 Å². The number of nitrogens with zero attached hydrogens (tertiary/aromatic N) is 1. The molecule has 0 saturated carbocycles. The molecule has 4 heteroatoms. The Labute approximate surface area is 97.0 Å². The largest absolute Gasteiger partial charge is 0.367 e. The maximum atomic E-state index is 4.31. The Kier molecular flexibility index (Phi) is 3.70. The zero-order valence-electron chi connectivity index (χ0n) is 7.87. The lowest BCUT2D eigenvalue weighted by Crippen LogP contribution is -2.24. The molecule has 0 bridgehead atoms. The number of pyridine rings is 1. The minimum atomic E-state index is 0.616. The van der Waals surface area contributed by atoms with Gasteiger partial charge in [0, 0.05) is 16.7 Å². The molecule has 2 rings (SSSR count). The number of nitrogens with one attached hydrogen (secondary N) is 1. The molecule has 14 heavy (non-hydrogen) atoms. The van der Waals surface area contributed by atoms with E-state index >= 15 is 0 Å². The van der Waals surface area contributed by atoms with E-state index in [1.54, 1.807) is 0 Å². The van der Waals surface area contributed by atoms with Crippen LogP contribution in [0.2, 0.25) is 0 Å². The number of hydrogen-bond acceptors (Lipinski definition) is 3. The van der Waals surface area contributed by atoms with Crippen molar-refractivity contribution in [2.45, 2.75) is 18.9 Å². The zero-order valence-corrected chi connectivity index (χ0v) is 10.3. The Bertz CT molecular complexity index is 283. The van der Waals surface area contributed by atoms with Crippen molar-refractivity contribution in [2.75, 3.05) is 16.8 Å². The molecular formula is C10H13BrN2S. The average Bonchev–Trinajstić information content (AvgIpc) is 2.23. The van der Waals surface area contributed by atoms with Crippen molar-refractivity contribution in [3.63, 3.8) is 0 Å². The fourth-order valence-corrected chi connectivity index (χ4v) is 2.85. The molecule has 0 aliphatic carbocycles. The molecule has 2 nitrogen and oxygen atoms in total. The summed E-state index contributed by atoms with van der Waals surface area (Å²) >= 11 is 5.42. The van der Waals surface area contributed by atoms with Crippen molar-refractivity contribution in [1.29, 1.82) is 0 Å². The van der Waals surface area contributed by atoms with Gasteiger partial charge in [0.2, 0.25) is 0 Å². The molecule has 0 spiro atoms. The summed E-state index contributed by atoms with van der Waals surface area (Å²) in [6.07, 6.45) is 4.34. The predicted octanol–water partition coefficient (Wildman–Crippen LogP) is 3.15. The molecule has 1 aromatic heterocycles. The van der Waals surface area contributed by atoms with Gasteiger partial charge in [-0.1, -0.05) is 0 Å². The summed E-state index contributed by atoms with van der Waals surface area (Å²) < 4.78 is 1.03. The molecule has 2 heterocycles. The maximum absolute atomic E-state index is 4.31. The minimum Gasteiger partial charge on any atom is -0.367 e. The van der Waals surface area contributed by atoms with Crippen molar-refractivity contribution in [3.8, 4) is 0 Å². The van der Waals surface area contributed by atoms with E-state index in [1.807, 2.05) is 30.1 Å². The molecule has 0 atom stereocenters. The van der Waals surface area contributed by atoms with Crippen LogP contribution in [-0.2, 0) is 0 Å². The normalized spacial score (nSPS) is 18.1. The third-order valence-corrected chi connectivity index (χ3v) is 3.82. The zero-order chi connectivity index (χ0) is 9.80. The van der Waals surface area contributed by atoms with E-state index in [4.69, 9.17) is 0 Å². The molecule has 1 aromatic rings. The summed E-state index contributed by atoms with van der Waals surface area (Å²) in [6.45, 7) is 0. The number of halogens is 1. The highest BCUT2D eigenvalue weighted by Crippen LogP contribution is 2.20. The Morgan fingerprint density at radius 3 is 2.79 bits per heavy atom. The van der Waals surface area contributed by atoms with Crippen molar-refractivity contribution >= 4 is 33.5 Å². The van der Waals surface area contributed by atoms with Crippen LogP contribution in [0.4, 0.5) is 5.82 Å². The van der Waals surface area contributed by atoms with Gasteiger partial charge in [-0.2, -0.15) is 11.8 Å². The molecule has 1 saturated heterocycles. The fourth-order valence-electron chi connectivity index (χ4n) is 1.51. The Balaban J connectivity index is 1.92. The second-order valence-electron chi connectivity index (χ2n) is 3.39. The first-order valence-corrected chi connectivity index (χ1v) is 6.75. The molecule has 76 valence electrons. The maximum Gasteiger partial charge on any atom is 0.126 e. The molecule has 0 amide bonds. The summed E-state index contributed by atoms with van der Waals surface area (Å²) in [4.78, 5) is 4.31. The summed E-state index contributed by atoms with van der Waals surface area (Å²) in [6, 6.07) is 4.66. The second-order valence-corrected chi connectivity index (χ2v) is 5.53. The van der Waals surface area contributed by atoms with E-state index in [0.29, 0.717) is 6.04 Å². The van der Waals surface area contributed by atoms with Crippen LogP contribution < -0.4 is 5.32 Å². The first-order chi connectivity index (χ1) is 6.84. The van der Waals surface area contributed by atoms with Crippen LogP contribution in [0.15, 0.2) is 22.8 Å². The first-order valence-electron chi connectivity index (χ1n) is 4.80. The van der Waals surface area contributed by atoms with Crippen molar-refractivity contribution in [1.82, 2.24) is 4.98 Å². The van der Waals surface area contributed by atoms with E-state index in [-0.39, 0.29) is 0 Å². The summed E-state index contributed by atoms with van der Waals surface area (Å²) in [5.41, 5.74) is 0. The second kappa shape index (κ2) is 5.03. The molecule has 0 unspecified atom stereocenters. The number of aromatic nitrogens is 1. The van der Waals surface area contributed by atoms with E-state index in [1.165, 1.54) is 24.3 Å². The van der Waals surface area contributed by atoms with Crippen LogP contribution in [0.3, 0.4) is 0 Å². The molecular weight excluding hydrogens is 260 g/mol. The predicted molar refractivity (Wildman–Crippen MR) is 65.9 cm³/mol. The highest BCUT2D eigenvalue weighted by molar-refractivity contribution is 9.10. The third-order valence-electron chi connectivity index (χ3n) is 2.30. The molecule has 0 aromatic carbocycles. The molecule has 0 radical (unpaired) electrons. The van der Waals surface area contributed by atoms with Crippen LogP contribution in [0.1, 0.15) is 12.8 Å². The van der Waals surface area contributed by atoms with Gasteiger partial charge in [0.1, 0.15) is 5.82 Å². The Morgan fingerprint density at radius 2 is 2.14 bits per heavy atom. The van der Waals surface area contributed by atoms with Gasteiger partial charge < -0.3 is 5.32 Å². The van der Waals surface area contributed by atoms with Gasteiger partial charge in [0.05, 0.1) is 0 Å². The van der Waals surface area contributed by atoms with E-state index in [9.17, 15) is 0 Å². The van der Waals surface area contributed by atoms with Gasteiger partial charge in [-0.05, 0) is 52.4 Å². The van der Waals surface area contributed by atoms with Gasteiger partial charge in [0.15, 0.2) is 0 Å². The number of hydrogen-bond donors (Lipinski definition) is 1. The molecule has 1 aliphatic heterocycles. The lowest BCUT2D eigenvalue weighted by atomic mass is 10.1. The number of anilines is 1. The summed E-state index contributed by atoms with van der Waals surface area (Å²) in [7, 11) is 0. The number of rotatable bonds is 2. The van der Waals surface area contributed by atoms with Gasteiger partial charge >= 0.3 is 0 Å². The van der Waals surface area contributed by atoms with Crippen molar-refractivity contribution < 1.29 is 0 Å². The monoisotopic (exact) mass is 272 g/mol. The minimum absolute atomic E-state index is 0.616. The van der Waals surface area contributed by atoms with Gasteiger partial charge in [-0.25, -0.2) is 4.98 Å².